The van der Waals surface area contributed by atoms with Crippen LogP contribution >= 0.6 is 11.8 Å². The van der Waals surface area contributed by atoms with Crippen molar-refractivity contribution in [1.29, 1.82) is 0 Å². The lowest BCUT2D eigenvalue weighted by Gasteiger charge is -2.06. The van der Waals surface area contributed by atoms with E-state index in [1.165, 1.54) is 28.8 Å². The first-order valence-electron chi connectivity index (χ1n) is 6.61. The van der Waals surface area contributed by atoms with Gasteiger partial charge in [-0.15, -0.1) is 0 Å². The number of thioether (sulfide) groups is 1. The molecule has 22 heavy (non-hydrogen) atoms. The number of amides is 1. The number of benzene rings is 1. The Kier molecular flexibility index (Phi) is 3.85. The van der Waals surface area contributed by atoms with Crippen LogP contribution in [0.2, 0.25) is 0 Å². The third-order valence-corrected chi connectivity index (χ3v) is 4.15. The predicted molar refractivity (Wildman–Crippen MR) is 85.3 cm³/mol. The van der Waals surface area contributed by atoms with Gasteiger partial charge in [0.1, 0.15) is 17.3 Å². The van der Waals surface area contributed by atoms with Gasteiger partial charge in [-0.1, -0.05) is 0 Å². The molecule has 0 bridgehead atoms. The lowest BCUT2D eigenvalue weighted by molar-refractivity contribution is -0.121. The smallest absolute Gasteiger partial charge is 0.266 e. The van der Waals surface area contributed by atoms with Crippen LogP contribution in [-0.4, -0.2) is 23.0 Å². The minimum Gasteiger partial charge on any atom is -0.462 e. The van der Waals surface area contributed by atoms with E-state index in [1.54, 1.807) is 25.3 Å². The van der Waals surface area contributed by atoms with Gasteiger partial charge in [0.25, 0.3) is 5.91 Å². The SMILES string of the molecule is Cc1ccc(/C=C2/SC(=Nc3ccc(F)cc3)N(C)C2=O)o1. The molecular formula is C16H13FN2O2S. The van der Waals surface area contributed by atoms with Gasteiger partial charge in [-0.2, -0.15) is 0 Å². The number of carbonyl (C=O) groups is 1. The van der Waals surface area contributed by atoms with Crippen molar-refractivity contribution < 1.29 is 13.6 Å². The number of halogens is 1. The van der Waals surface area contributed by atoms with Gasteiger partial charge in [0, 0.05) is 13.1 Å². The van der Waals surface area contributed by atoms with E-state index in [0.29, 0.717) is 21.5 Å². The van der Waals surface area contributed by atoms with E-state index in [-0.39, 0.29) is 11.7 Å². The number of carbonyl (C=O) groups excluding carboxylic acids is 1. The molecule has 0 unspecified atom stereocenters. The molecule has 0 saturated carbocycles. The molecule has 0 N–H and O–H groups in total. The highest BCUT2D eigenvalue weighted by Crippen LogP contribution is 2.33. The van der Waals surface area contributed by atoms with Crippen LogP contribution in [0.4, 0.5) is 10.1 Å². The van der Waals surface area contributed by atoms with Crippen molar-refractivity contribution in [3.05, 3.63) is 58.6 Å². The van der Waals surface area contributed by atoms with Crippen molar-refractivity contribution in [1.82, 2.24) is 4.90 Å². The Bertz CT molecular complexity index is 778. The van der Waals surface area contributed by atoms with E-state index < -0.39 is 0 Å². The maximum Gasteiger partial charge on any atom is 0.266 e. The fraction of sp³-hybridized carbons (Fsp3) is 0.125. The molecule has 1 saturated heterocycles. The Morgan fingerprint density at radius 3 is 2.59 bits per heavy atom. The second-order valence-electron chi connectivity index (χ2n) is 4.79. The minimum absolute atomic E-state index is 0.139. The molecule has 0 spiro atoms. The van der Waals surface area contributed by atoms with Gasteiger partial charge in [-0.25, -0.2) is 9.38 Å². The van der Waals surface area contributed by atoms with Crippen LogP contribution in [0, 0.1) is 12.7 Å². The van der Waals surface area contributed by atoms with E-state index >= 15 is 0 Å². The zero-order chi connectivity index (χ0) is 15.7. The molecule has 1 aromatic heterocycles. The van der Waals surface area contributed by atoms with E-state index in [1.807, 2.05) is 19.1 Å². The number of nitrogens with zero attached hydrogens (tertiary/aromatic N) is 2. The Labute approximate surface area is 131 Å². The molecule has 0 atom stereocenters. The number of likely N-dealkylation sites (N-methyl/N-ethyl adjacent to an activating group) is 1. The number of aliphatic imine (C=N–C) groups is 1. The van der Waals surface area contributed by atoms with Crippen LogP contribution in [0.3, 0.4) is 0 Å². The molecule has 6 heteroatoms. The molecule has 3 rings (SSSR count). The monoisotopic (exact) mass is 316 g/mol. The highest BCUT2D eigenvalue weighted by Gasteiger charge is 2.30. The van der Waals surface area contributed by atoms with Gasteiger partial charge >= 0.3 is 0 Å². The molecule has 1 fully saturated rings. The van der Waals surface area contributed by atoms with Crippen LogP contribution in [0.15, 0.2) is 50.7 Å². The molecule has 4 nitrogen and oxygen atoms in total. The number of aryl methyl sites for hydroxylation is 1. The molecule has 112 valence electrons. The number of hydrogen-bond donors (Lipinski definition) is 0. The van der Waals surface area contributed by atoms with Gasteiger partial charge in [-0.05, 0) is 55.1 Å². The molecule has 2 heterocycles. The average Bonchev–Trinajstić information content (AvgIpc) is 3.01. The lowest BCUT2D eigenvalue weighted by atomic mass is 10.3. The van der Waals surface area contributed by atoms with Gasteiger partial charge < -0.3 is 4.42 Å². The van der Waals surface area contributed by atoms with Crippen molar-refractivity contribution in [2.75, 3.05) is 7.05 Å². The average molecular weight is 316 g/mol. The minimum atomic E-state index is -0.318. The van der Waals surface area contributed by atoms with Gasteiger partial charge in [-0.3, -0.25) is 9.69 Å². The highest BCUT2D eigenvalue weighted by atomic mass is 32.2. The van der Waals surface area contributed by atoms with E-state index in [2.05, 4.69) is 4.99 Å². The van der Waals surface area contributed by atoms with Crippen molar-refractivity contribution in [2.45, 2.75) is 6.92 Å². The first-order chi connectivity index (χ1) is 10.5. The quantitative estimate of drug-likeness (QED) is 0.788. The zero-order valence-corrected chi connectivity index (χ0v) is 12.9. The molecule has 1 aromatic carbocycles. The first-order valence-corrected chi connectivity index (χ1v) is 7.43. The van der Waals surface area contributed by atoms with E-state index in [0.717, 1.165) is 5.76 Å². The van der Waals surface area contributed by atoms with Crippen molar-refractivity contribution in [3.8, 4) is 0 Å². The summed E-state index contributed by atoms with van der Waals surface area (Å²) in [6.07, 6.45) is 1.70. The summed E-state index contributed by atoms with van der Waals surface area (Å²) < 4.78 is 18.4. The summed E-state index contributed by atoms with van der Waals surface area (Å²) >= 11 is 1.26. The molecule has 1 aliphatic rings. The molecular weight excluding hydrogens is 303 g/mol. The number of amidine groups is 1. The second kappa shape index (κ2) is 5.81. The van der Waals surface area contributed by atoms with Crippen LogP contribution in [0.5, 0.6) is 0 Å². The van der Waals surface area contributed by atoms with Crippen LogP contribution < -0.4 is 0 Å². The zero-order valence-electron chi connectivity index (χ0n) is 12.0. The van der Waals surface area contributed by atoms with Crippen molar-refractivity contribution >= 4 is 34.6 Å². The fourth-order valence-corrected chi connectivity index (χ4v) is 2.90. The highest BCUT2D eigenvalue weighted by molar-refractivity contribution is 8.18. The third kappa shape index (κ3) is 2.96. The Morgan fingerprint density at radius 1 is 1.23 bits per heavy atom. The van der Waals surface area contributed by atoms with E-state index in [4.69, 9.17) is 4.42 Å². The summed E-state index contributed by atoms with van der Waals surface area (Å²) in [6, 6.07) is 9.46. The van der Waals surface area contributed by atoms with Gasteiger partial charge in [0.2, 0.25) is 0 Å². The second-order valence-corrected chi connectivity index (χ2v) is 5.80. The Hall–Kier alpha value is -2.34. The van der Waals surface area contributed by atoms with Gasteiger partial charge in [0.05, 0.1) is 10.6 Å². The lowest BCUT2D eigenvalue weighted by Crippen LogP contribution is -2.23. The fourth-order valence-electron chi connectivity index (χ4n) is 1.94. The third-order valence-electron chi connectivity index (χ3n) is 3.09. The molecule has 2 aromatic rings. The molecule has 0 aliphatic carbocycles. The maximum absolute atomic E-state index is 12.9. The topological polar surface area (TPSA) is 45.8 Å². The molecule has 0 radical (unpaired) electrons. The molecule has 1 aliphatic heterocycles. The standard InChI is InChI=1S/C16H13FN2O2S/c1-10-3-8-13(21-10)9-14-15(20)19(2)16(22-14)18-12-6-4-11(17)5-7-12/h3-9H,1-2H3/b14-9+,18-16?. The van der Waals surface area contributed by atoms with Crippen molar-refractivity contribution in [2.24, 2.45) is 4.99 Å². The van der Waals surface area contributed by atoms with Crippen LogP contribution in [-0.2, 0) is 4.79 Å². The summed E-state index contributed by atoms with van der Waals surface area (Å²) in [5, 5.41) is 0.547. The summed E-state index contributed by atoms with van der Waals surface area (Å²) in [5.41, 5.74) is 0.596. The first kappa shape index (κ1) is 14.6. The van der Waals surface area contributed by atoms with E-state index in [9.17, 15) is 9.18 Å². The summed E-state index contributed by atoms with van der Waals surface area (Å²) in [4.78, 5) is 18.6. The number of hydrogen-bond acceptors (Lipinski definition) is 4. The van der Waals surface area contributed by atoms with Crippen LogP contribution in [0.25, 0.3) is 6.08 Å². The summed E-state index contributed by atoms with van der Waals surface area (Å²) in [5.74, 6) is 0.960. The number of furan rings is 1. The number of rotatable bonds is 2. The Morgan fingerprint density at radius 2 is 1.95 bits per heavy atom. The van der Waals surface area contributed by atoms with Gasteiger partial charge in [0.15, 0.2) is 5.17 Å². The summed E-state index contributed by atoms with van der Waals surface area (Å²) in [7, 11) is 1.66. The summed E-state index contributed by atoms with van der Waals surface area (Å²) in [6.45, 7) is 1.85. The predicted octanol–water partition coefficient (Wildman–Crippen LogP) is 3.96. The largest absolute Gasteiger partial charge is 0.462 e. The normalized spacial score (nSPS) is 18.7. The van der Waals surface area contributed by atoms with Crippen molar-refractivity contribution in [3.63, 3.8) is 0 Å². The maximum atomic E-state index is 12.9. The van der Waals surface area contributed by atoms with Crippen LogP contribution in [0.1, 0.15) is 11.5 Å². The Balaban J connectivity index is 1.88. The molecule has 1 amide bonds.